The highest BCUT2D eigenvalue weighted by Crippen LogP contribution is 2.31. The summed E-state index contributed by atoms with van der Waals surface area (Å²) in [5, 5.41) is 9.76. The van der Waals surface area contributed by atoms with Gasteiger partial charge in [0.05, 0.1) is 23.4 Å². The summed E-state index contributed by atoms with van der Waals surface area (Å²) in [7, 11) is -0.368. The molecule has 6 nitrogen and oxygen atoms in total. The van der Waals surface area contributed by atoms with Gasteiger partial charge < -0.3 is 9.67 Å². The Hall–Kier alpha value is -1.35. The van der Waals surface area contributed by atoms with Gasteiger partial charge in [-0.3, -0.25) is 0 Å². The average molecular weight is 313 g/mol. The highest BCUT2D eigenvalue weighted by Gasteiger charge is 2.18. The van der Waals surface area contributed by atoms with E-state index in [9.17, 15) is 8.42 Å². The Bertz CT molecular complexity index is 710. The van der Waals surface area contributed by atoms with Crippen LogP contribution in [0.5, 0.6) is 0 Å². The molecule has 2 N–H and O–H groups in total. The molecular weight excluding hydrogens is 298 g/mol. The first-order valence-corrected chi connectivity index (χ1v) is 8.11. The van der Waals surface area contributed by atoms with E-state index in [0.29, 0.717) is 15.7 Å². The lowest BCUT2D eigenvalue weighted by atomic mass is 10.4. The molecule has 1 aromatic heterocycles. The molecule has 2 rings (SSSR count). The van der Waals surface area contributed by atoms with Crippen molar-refractivity contribution in [3.05, 3.63) is 36.2 Å². The van der Waals surface area contributed by atoms with E-state index in [1.807, 2.05) is 0 Å². The molecule has 8 heteroatoms. The summed E-state index contributed by atoms with van der Waals surface area (Å²) < 4.78 is 28.0. The number of aliphatic hydroxyl groups is 1. The average Bonchev–Trinajstić information content (AvgIpc) is 2.80. The van der Waals surface area contributed by atoms with E-state index < -0.39 is 10.0 Å². The van der Waals surface area contributed by atoms with Gasteiger partial charge in [0, 0.05) is 11.9 Å². The third kappa shape index (κ3) is 2.88. The maximum Gasteiger partial charge on any atom is 0.241 e. The molecule has 0 aliphatic carbocycles. The van der Waals surface area contributed by atoms with Crippen molar-refractivity contribution in [2.45, 2.75) is 21.6 Å². The van der Waals surface area contributed by atoms with E-state index >= 15 is 0 Å². The molecule has 0 radical (unpaired) electrons. The molecule has 0 aliphatic rings. The molecule has 1 aromatic carbocycles. The number of nitrogens with zero attached hydrogens (tertiary/aromatic N) is 2. The number of aromatic nitrogens is 2. The van der Waals surface area contributed by atoms with Gasteiger partial charge in [0.1, 0.15) is 0 Å². The molecule has 0 saturated carbocycles. The topological polar surface area (TPSA) is 84.2 Å². The van der Waals surface area contributed by atoms with Gasteiger partial charge >= 0.3 is 0 Å². The number of aliphatic hydroxyl groups excluding tert-OH is 1. The number of rotatable bonds is 5. The Morgan fingerprint density at radius 2 is 2.10 bits per heavy atom. The van der Waals surface area contributed by atoms with E-state index in [0.717, 1.165) is 0 Å². The first kappa shape index (κ1) is 15.0. The van der Waals surface area contributed by atoms with Crippen molar-refractivity contribution >= 4 is 21.8 Å². The molecule has 108 valence electrons. The minimum Gasteiger partial charge on any atom is -0.390 e. The van der Waals surface area contributed by atoms with Crippen LogP contribution in [0.4, 0.5) is 0 Å². The van der Waals surface area contributed by atoms with Gasteiger partial charge in [-0.1, -0.05) is 23.9 Å². The molecule has 1 heterocycles. The predicted molar refractivity (Wildman–Crippen MR) is 75.9 cm³/mol. The Morgan fingerprint density at radius 3 is 2.70 bits per heavy atom. The lowest BCUT2D eigenvalue weighted by Gasteiger charge is -2.09. The lowest BCUT2D eigenvalue weighted by Crippen LogP contribution is -2.19. The van der Waals surface area contributed by atoms with Crippen LogP contribution in [-0.2, 0) is 23.7 Å². The second kappa shape index (κ2) is 5.96. The van der Waals surface area contributed by atoms with Crippen molar-refractivity contribution in [2.75, 3.05) is 7.05 Å². The van der Waals surface area contributed by atoms with Crippen LogP contribution in [0.1, 0.15) is 5.69 Å². The number of sulfonamides is 1. The molecule has 0 saturated heterocycles. The van der Waals surface area contributed by atoms with Crippen molar-refractivity contribution in [3.63, 3.8) is 0 Å². The Kier molecular flexibility index (Phi) is 4.48. The number of imidazole rings is 1. The molecule has 0 unspecified atom stereocenters. The molecule has 20 heavy (non-hydrogen) atoms. The van der Waals surface area contributed by atoms with E-state index in [2.05, 4.69) is 9.71 Å². The number of hydrogen-bond acceptors (Lipinski definition) is 5. The minimum absolute atomic E-state index is 0.111. The van der Waals surface area contributed by atoms with Crippen molar-refractivity contribution in [1.29, 1.82) is 0 Å². The molecule has 0 spiro atoms. The van der Waals surface area contributed by atoms with Crippen LogP contribution in [0.25, 0.3) is 0 Å². The molecule has 0 amide bonds. The molecule has 0 fully saturated rings. The van der Waals surface area contributed by atoms with Crippen molar-refractivity contribution < 1.29 is 13.5 Å². The van der Waals surface area contributed by atoms with Gasteiger partial charge in [-0.05, 0) is 19.2 Å². The van der Waals surface area contributed by atoms with Crippen LogP contribution in [0.15, 0.2) is 45.4 Å². The predicted octanol–water partition coefficient (Wildman–Crippen LogP) is 0.972. The summed E-state index contributed by atoms with van der Waals surface area (Å²) in [5.74, 6) is 0. The largest absolute Gasteiger partial charge is 0.390 e. The number of nitrogens with one attached hydrogen (secondary N) is 1. The van der Waals surface area contributed by atoms with Gasteiger partial charge in [0.15, 0.2) is 5.16 Å². The van der Waals surface area contributed by atoms with E-state index in [-0.39, 0.29) is 11.5 Å². The standard InChI is InChI=1S/C12H15N3O3S2/c1-13-20(17,18)11-6-4-3-5-10(11)19-12-14-7-9(8-16)15(12)2/h3-7,13,16H,8H2,1-2H3. The van der Waals surface area contributed by atoms with E-state index in [4.69, 9.17) is 5.11 Å². The summed E-state index contributed by atoms with van der Waals surface area (Å²) in [6.45, 7) is -0.111. The second-order valence-corrected chi connectivity index (χ2v) is 6.87. The number of benzene rings is 1. The maximum atomic E-state index is 12.0. The zero-order valence-electron chi connectivity index (χ0n) is 11.1. The normalized spacial score (nSPS) is 11.8. The fourth-order valence-electron chi connectivity index (χ4n) is 1.63. The summed E-state index contributed by atoms with van der Waals surface area (Å²) in [5.41, 5.74) is 0.668. The van der Waals surface area contributed by atoms with Crippen LogP contribution in [0.2, 0.25) is 0 Å². The molecular formula is C12H15N3O3S2. The first-order chi connectivity index (χ1) is 9.49. The van der Waals surface area contributed by atoms with Crippen LogP contribution in [0.3, 0.4) is 0 Å². The fourth-order valence-corrected chi connectivity index (χ4v) is 3.77. The van der Waals surface area contributed by atoms with Gasteiger partial charge in [0.25, 0.3) is 0 Å². The molecule has 2 aromatic rings. The van der Waals surface area contributed by atoms with E-state index in [1.54, 1.807) is 42.1 Å². The number of hydrogen-bond donors (Lipinski definition) is 2. The summed E-state index contributed by atoms with van der Waals surface area (Å²) in [6.07, 6.45) is 1.57. The monoisotopic (exact) mass is 313 g/mol. The summed E-state index contributed by atoms with van der Waals surface area (Å²) in [6, 6.07) is 6.71. The van der Waals surface area contributed by atoms with E-state index in [1.165, 1.54) is 18.8 Å². The third-order valence-corrected chi connectivity index (χ3v) is 5.55. The lowest BCUT2D eigenvalue weighted by molar-refractivity contribution is 0.271. The maximum absolute atomic E-state index is 12.0. The van der Waals surface area contributed by atoms with Crippen molar-refractivity contribution in [3.8, 4) is 0 Å². The first-order valence-electron chi connectivity index (χ1n) is 5.81. The van der Waals surface area contributed by atoms with Crippen LogP contribution >= 0.6 is 11.8 Å². The molecule has 0 atom stereocenters. The summed E-state index contributed by atoms with van der Waals surface area (Å²) >= 11 is 1.24. The SMILES string of the molecule is CNS(=O)(=O)c1ccccc1Sc1ncc(CO)n1C. The highest BCUT2D eigenvalue weighted by atomic mass is 32.2. The fraction of sp³-hybridized carbons (Fsp3) is 0.250. The zero-order valence-corrected chi connectivity index (χ0v) is 12.7. The molecule has 0 aliphatic heterocycles. The Balaban J connectivity index is 2.42. The molecule has 0 bridgehead atoms. The van der Waals surface area contributed by atoms with Gasteiger partial charge in [0.2, 0.25) is 10.0 Å². The minimum atomic E-state index is -3.52. The second-order valence-electron chi connectivity index (χ2n) is 4.01. The van der Waals surface area contributed by atoms with Crippen LogP contribution in [-0.4, -0.2) is 30.1 Å². The van der Waals surface area contributed by atoms with Gasteiger partial charge in [-0.25, -0.2) is 18.1 Å². The quantitative estimate of drug-likeness (QED) is 0.859. The smallest absolute Gasteiger partial charge is 0.241 e. The van der Waals surface area contributed by atoms with Gasteiger partial charge in [-0.15, -0.1) is 0 Å². The van der Waals surface area contributed by atoms with Gasteiger partial charge in [-0.2, -0.15) is 0 Å². The summed E-state index contributed by atoms with van der Waals surface area (Å²) in [4.78, 5) is 4.97. The Labute approximate surface area is 121 Å². The van der Waals surface area contributed by atoms with Crippen molar-refractivity contribution in [2.24, 2.45) is 7.05 Å². The highest BCUT2D eigenvalue weighted by molar-refractivity contribution is 8.00. The Morgan fingerprint density at radius 1 is 1.40 bits per heavy atom. The van der Waals surface area contributed by atoms with Crippen LogP contribution in [0, 0.1) is 0 Å². The van der Waals surface area contributed by atoms with Crippen molar-refractivity contribution in [1.82, 2.24) is 14.3 Å². The zero-order chi connectivity index (χ0) is 14.8. The van der Waals surface area contributed by atoms with Crippen LogP contribution < -0.4 is 4.72 Å². The third-order valence-electron chi connectivity index (χ3n) is 2.81.